The first kappa shape index (κ1) is 17.7. The maximum absolute atomic E-state index is 12.3. The first-order valence-corrected chi connectivity index (χ1v) is 7.84. The minimum Gasteiger partial charge on any atom is -0.330 e. The van der Waals surface area contributed by atoms with E-state index in [1.807, 2.05) is 49.3 Å². The standard InChI is InChI=1S/C19H23N3O2/c1-14(23)16-10-7-11-17(12-16)20-19(24)21-18(13-22(2)3)15-8-5-4-6-9-15/h4-12,18H,13H2,1-3H3,(H2,20,21,24). The van der Waals surface area contributed by atoms with Gasteiger partial charge in [-0.2, -0.15) is 0 Å². The van der Waals surface area contributed by atoms with E-state index in [-0.39, 0.29) is 17.9 Å². The van der Waals surface area contributed by atoms with Crippen LogP contribution in [0.1, 0.15) is 28.9 Å². The van der Waals surface area contributed by atoms with E-state index in [1.54, 1.807) is 24.3 Å². The molecule has 2 amide bonds. The Morgan fingerprint density at radius 3 is 2.38 bits per heavy atom. The van der Waals surface area contributed by atoms with Crippen LogP contribution in [0.15, 0.2) is 54.6 Å². The van der Waals surface area contributed by atoms with Gasteiger partial charge in [0.25, 0.3) is 0 Å². The summed E-state index contributed by atoms with van der Waals surface area (Å²) in [5.41, 5.74) is 2.21. The van der Waals surface area contributed by atoms with Crippen molar-refractivity contribution in [3.05, 3.63) is 65.7 Å². The van der Waals surface area contributed by atoms with Crippen LogP contribution < -0.4 is 10.6 Å². The largest absolute Gasteiger partial charge is 0.330 e. The first-order valence-electron chi connectivity index (χ1n) is 7.84. The van der Waals surface area contributed by atoms with Crippen molar-refractivity contribution in [1.29, 1.82) is 0 Å². The number of urea groups is 1. The lowest BCUT2D eigenvalue weighted by Gasteiger charge is -2.23. The normalized spacial score (nSPS) is 11.8. The summed E-state index contributed by atoms with van der Waals surface area (Å²) in [5, 5.41) is 5.78. The highest BCUT2D eigenvalue weighted by Crippen LogP contribution is 2.15. The van der Waals surface area contributed by atoms with Crippen LogP contribution in [0.4, 0.5) is 10.5 Å². The van der Waals surface area contributed by atoms with E-state index < -0.39 is 0 Å². The number of carbonyl (C=O) groups is 2. The van der Waals surface area contributed by atoms with Gasteiger partial charge in [-0.05, 0) is 38.7 Å². The van der Waals surface area contributed by atoms with Crippen LogP contribution >= 0.6 is 0 Å². The van der Waals surface area contributed by atoms with Gasteiger partial charge in [-0.15, -0.1) is 0 Å². The monoisotopic (exact) mass is 325 g/mol. The van der Waals surface area contributed by atoms with E-state index >= 15 is 0 Å². The Bertz CT molecular complexity index is 699. The van der Waals surface area contributed by atoms with E-state index in [0.717, 1.165) is 5.56 Å². The number of likely N-dealkylation sites (N-methyl/N-ethyl adjacent to an activating group) is 1. The molecule has 0 radical (unpaired) electrons. The van der Waals surface area contributed by atoms with Crippen molar-refractivity contribution in [3.8, 4) is 0 Å². The van der Waals surface area contributed by atoms with Crippen LogP contribution in [0.3, 0.4) is 0 Å². The molecule has 2 aromatic carbocycles. The summed E-state index contributed by atoms with van der Waals surface area (Å²) >= 11 is 0. The second-order valence-corrected chi connectivity index (χ2v) is 5.96. The molecule has 5 nitrogen and oxygen atoms in total. The molecule has 0 bridgehead atoms. The van der Waals surface area contributed by atoms with Crippen molar-refractivity contribution in [2.45, 2.75) is 13.0 Å². The van der Waals surface area contributed by atoms with Gasteiger partial charge in [0.15, 0.2) is 5.78 Å². The fraction of sp³-hybridized carbons (Fsp3) is 0.263. The second kappa shape index (κ2) is 8.26. The predicted molar refractivity (Wildman–Crippen MR) is 96.3 cm³/mol. The van der Waals surface area contributed by atoms with Gasteiger partial charge >= 0.3 is 6.03 Å². The van der Waals surface area contributed by atoms with Gasteiger partial charge in [0, 0.05) is 17.8 Å². The van der Waals surface area contributed by atoms with E-state index in [1.165, 1.54) is 6.92 Å². The minimum atomic E-state index is -0.300. The summed E-state index contributed by atoms with van der Waals surface area (Å²) in [4.78, 5) is 25.8. The van der Waals surface area contributed by atoms with Gasteiger partial charge < -0.3 is 15.5 Å². The molecule has 1 atom stereocenters. The molecule has 0 heterocycles. The van der Waals surface area contributed by atoms with Crippen LogP contribution in [-0.4, -0.2) is 37.4 Å². The smallest absolute Gasteiger partial charge is 0.319 e. The topological polar surface area (TPSA) is 61.4 Å². The van der Waals surface area contributed by atoms with Crippen molar-refractivity contribution in [2.24, 2.45) is 0 Å². The summed E-state index contributed by atoms with van der Waals surface area (Å²) in [6.07, 6.45) is 0. The molecule has 0 saturated carbocycles. The zero-order chi connectivity index (χ0) is 17.5. The third-order valence-corrected chi connectivity index (χ3v) is 3.58. The number of anilines is 1. The van der Waals surface area contributed by atoms with Crippen LogP contribution in [0.25, 0.3) is 0 Å². The number of nitrogens with one attached hydrogen (secondary N) is 2. The summed E-state index contributed by atoms with van der Waals surface area (Å²) in [6, 6.07) is 16.3. The summed E-state index contributed by atoms with van der Waals surface area (Å²) < 4.78 is 0. The predicted octanol–water partition coefficient (Wildman–Crippen LogP) is 3.31. The van der Waals surface area contributed by atoms with Crippen LogP contribution in [0.5, 0.6) is 0 Å². The van der Waals surface area contributed by atoms with Crippen LogP contribution in [-0.2, 0) is 0 Å². The molecule has 0 saturated heterocycles. The molecule has 0 aliphatic heterocycles. The lowest BCUT2D eigenvalue weighted by atomic mass is 10.1. The molecule has 24 heavy (non-hydrogen) atoms. The number of nitrogens with zero attached hydrogens (tertiary/aromatic N) is 1. The average Bonchev–Trinajstić information content (AvgIpc) is 2.55. The lowest BCUT2D eigenvalue weighted by molar-refractivity contribution is 0.101. The first-order chi connectivity index (χ1) is 11.5. The third kappa shape index (κ3) is 5.21. The molecular weight excluding hydrogens is 302 g/mol. The number of Topliss-reactive ketones (excluding diaryl/α,β-unsaturated/α-hetero) is 1. The molecule has 2 rings (SSSR count). The molecule has 0 aliphatic carbocycles. The second-order valence-electron chi connectivity index (χ2n) is 5.96. The highest BCUT2D eigenvalue weighted by molar-refractivity contribution is 5.96. The van der Waals surface area contributed by atoms with Gasteiger partial charge in [-0.1, -0.05) is 42.5 Å². The fourth-order valence-corrected chi connectivity index (χ4v) is 2.43. The van der Waals surface area contributed by atoms with Gasteiger partial charge in [0.1, 0.15) is 0 Å². The number of carbonyl (C=O) groups excluding carboxylic acids is 2. The zero-order valence-corrected chi connectivity index (χ0v) is 14.2. The Hall–Kier alpha value is -2.66. The maximum atomic E-state index is 12.3. The Balaban J connectivity index is 2.07. The zero-order valence-electron chi connectivity index (χ0n) is 14.2. The average molecular weight is 325 g/mol. The lowest BCUT2D eigenvalue weighted by Crippen LogP contribution is -2.37. The number of benzene rings is 2. The molecule has 5 heteroatoms. The number of hydrogen-bond acceptors (Lipinski definition) is 3. The van der Waals surface area contributed by atoms with Crippen molar-refractivity contribution in [2.75, 3.05) is 26.0 Å². The van der Waals surface area contributed by atoms with Gasteiger partial charge in [-0.3, -0.25) is 4.79 Å². The van der Waals surface area contributed by atoms with Gasteiger partial charge in [0.05, 0.1) is 6.04 Å². The molecule has 0 aromatic heterocycles. The Labute approximate surface area is 142 Å². The number of hydrogen-bond donors (Lipinski definition) is 2. The summed E-state index contributed by atoms with van der Waals surface area (Å²) in [5.74, 6) is -0.0335. The SMILES string of the molecule is CC(=O)c1cccc(NC(=O)NC(CN(C)C)c2ccccc2)c1. The van der Waals surface area contributed by atoms with Crippen LogP contribution in [0.2, 0.25) is 0 Å². The minimum absolute atomic E-state index is 0.0335. The Morgan fingerprint density at radius 1 is 1.04 bits per heavy atom. The molecule has 126 valence electrons. The van der Waals surface area contributed by atoms with Crippen molar-refractivity contribution in [3.63, 3.8) is 0 Å². The molecule has 0 spiro atoms. The molecule has 2 aromatic rings. The highest BCUT2D eigenvalue weighted by atomic mass is 16.2. The quantitative estimate of drug-likeness (QED) is 0.801. The number of rotatable bonds is 6. The van der Waals surface area contributed by atoms with E-state index in [9.17, 15) is 9.59 Å². The third-order valence-electron chi connectivity index (χ3n) is 3.58. The van der Waals surface area contributed by atoms with Crippen molar-refractivity contribution < 1.29 is 9.59 Å². The summed E-state index contributed by atoms with van der Waals surface area (Å²) in [7, 11) is 3.93. The molecule has 0 aliphatic rings. The van der Waals surface area contributed by atoms with Crippen molar-refractivity contribution in [1.82, 2.24) is 10.2 Å². The Morgan fingerprint density at radius 2 is 1.75 bits per heavy atom. The van der Waals surface area contributed by atoms with Gasteiger partial charge in [0.2, 0.25) is 0 Å². The Kier molecular flexibility index (Phi) is 6.09. The number of ketones is 1. The van der Waals surface area contributed by atoms with Crippen LogP contribution in [0, 0.1) is 0 Å². The van der Waals surface area contributed by atoms with E-state index in [4.69, 9.17) is 0 Å². The molecule has 0 fully saturated rings. The van der Waals surface area contributed by atoms with E-state index in [0.29, 0.717) is 17.8 Å². The van der Waals surface area contributed by atoms with E-state index in [2.05, 4.69) is 10.6 Å². The van der Waals surface area contributed by atoms with Gasteiger partial charge in [-0.25, -0.2) is 4.79 Å². The highest BCUT2D eigenvalue weighted by Gasteiger charge is 2.15. The number of amides is 2. The summed E-state index contributed by atoms with van der Waals surface area (Å²) in [6.45, 7) is 2.19. The molecule has 2 N–H and O–H groups in total. The molecular formula is C19H23N3O2. The fourth-order valence-electron chi connectivity index (χ4n) is 2.43. The maximum Gasteiger partial charge on any atom is 0.319 e. The molecule has 1 unspecified atom stereocenters. The van der Waals surface area contributed by atoms with Crippen molar-refractivity contribution >= 4 is 17.5 Å².